The van der Waals surface area contributed by atoms with Gasteiger partial charge in [0.15, 0.2) is 0 Å². The molecule has 0 saturated heterocycles. The number of rotatable bonds is 6. The van der Waals surface area contributed by atoms with Gasteiger partial charge in [-0.1, -0.05) is 19.8 Å². The molecule has 0 bridgehead atoms. The quantitative estimate of drug-likeness (QED) is 0.729. The second-order valence-electron chi connectivity index (χ2n) is 3.66. The normalized spacial score (nSPS) is 15.4. The third kappa shape index (κ3) is 2.86. The van der Waals surface area contributed by atoms with E-state index in [-0.39, 0.29) is 12.0 Å². The van der Waals surface area contributed by atoms with Crippen molar-refractivity contribution in [3.63, 3.8) is 0 Å². The van der Waals surface area contributed by atoms with E-state index in [1.165, 1.54) is 6.42 Å². The van der Waals surface area contributed by atoms with E-state index in [1.54, 1.807) is 6.26 Å². The Morgan fingerprint density at radius 3 is 2.79 bits per heavy atom. The van der Waals surface area contributed by atoms with Crippen LogP contribution in [0, 0.1) is 0 Å². The Hall–Kier alpha value is -0.800. The third-order valence-electron chi connectivity index (χ3n) is 2.57. The molecule has 0 aromatic carbocycles. The monoisotopic (exact) mass is 196 g/mol. The maximum absolute atomic E-state index is 6.07. The van der Waals surface area contributed by atoms with Gasteiger partial charge in [0.2, 0.25) is 0 Å². The molecule has 2 unspecified atom stereocenters. The van der Waals surface area contributed by atoms with Crippen molar-refractivity contribution in [2.75, 3.05) is 6.54 Å². The summed E-state index contributed by atoms with van der Waals surface area (Å²) < 4.78 is 5.33. The molecule has 1 aromatic heterocycles. The highest BCUT2D eigenvalue weighted by Gasteiger charge is 2.19. The summed E-state index contributed by atoms with van der Waals surface area (Å²) in [6.45, 7) is 2.72. The Labute approximate surface area is 85.5 Å². The van der Waals surface area contributed by atoms with E-state index < -0.39 is 0 Å². The van der Waals surface area contributed by atoms with E-state index in [0.29, 0.717) is 6.54 Å². The van der Waals surface area contributed by atoms with Gasteiger partial charge in [0.25, 0.3) is 0 Å². The van der Waals surface area contributed by atoms with Gasteiger partial charge in [0.1, 0.15) is 5.76 Å². The van der Waals surface area contributed by atoms with E-state index in [2.05, 4.69) is 6.92 Å². The van der Waals surface area contributed by atoms with Crippen molar-refractivity contribution in [1.82, 2.24) is 0 Å². The molecule has 0 aliphatic carbocycles. The number of unbranched alkanes of at least 4 members (excludes halogenated alkanes) is 1. The summed E-state index contributed by atoms with van der Waals surface area (Å²) in [6, 6.07) is 3.94. The van der Waals surface area contributed by atoms with Crippen LogP contribution in [0.1, 0.15) is 37.9 Å². The topological polar surface area (TPSA) is 65.2 Å². The van der Waals surface area contributed by atoms with E-state index in [0.717, 1.165) is 18.6 Å². The molecule has 0 radical (unpaired) electrons. The molecule has 4 N–H and O–H groups in total. The van der Waals surface area contributed by atoms with Crippen LogP contribution in [-0.2, 0) is 0 Å². The minimum absolute atomic E-state index is 0.117. The van der Waals surface area contributed by atoms with Crippen LogP contribution in [0.5, 0.6) is 0 Å². The fourth-order valence-electron chi connectivity index (χ4n) is 1.65. The molecule has 0 fully saturated rings. The van der Waals surface area contributed by atoms with Crippen molar-refractivity contribution in [1.29, 1.82) is 0 Å². The molecular formula is C11H20N2O. The maximum Gasteiger partial charge on any atom is 0.109 e. The highest BCUT2D eigenvalue weighted by molar-refractivity contribution is 5.08. The van der Waals surface area contributed by atoms with E-state index in [1.807, 2.05) is 12.1 Å². The summed E-state index contributed by atoms with van der Waals surface area (Å²) in [6.07, 6.45) is 5.01. The molecule has 0 aliphatic heterocycles. The minimum atomic E-state index is 0.117. The molecule has 1 aromatic rings. The van der Waals surface area contributed by atoms with Crippen LogP contribution in [0.2, 0.25) is 0 Å². The number of hydrogen-bond acceptors (Lipinski definition) is 3. The predicted molar refractivity (Wildman–Crippen MR) is 58.0 cm³/mol. The highest BCUT2D eigenvalue weighted by atomic mass is 16.3. The first-order valence-corrected chi connectivity index (χ1v) is 5.28. The Morgan fingerprint density at radius 2 is 2.29 bits per heavy atom. The summed E-state index contributed by atoms with van der Waals surface area (Å²) in [7, 11) is 0. The zero-order valence-corrected chi connectivity index (χ0v) is 8.78. The first-order chi connectivity index (χ1) is 6.79. The minimum Gasteiger partial charge on any atom is -0.469 e. The molecule has 14 heavy (non-hydrogen) atoms. The lowest BCUT2D eigenvalue weighted by molar-refractivity contribution is 0.402. The fourth-order valence-corrected chi connectivity index (χ4v) is 1.65. The van der Waals surface area contributed by atoms with E-state index >= 15 is 0 Å². The SMILES string of the molecule is CCCCC(N)C(CN)c1ccco1. The first-order valence-electron chi connectivity index (χ1n) is 5.28. The van der Waals surface area contributed by atoms with Crippen molar-refractivity contribution in [3.05, 3.63) is 24.2 Å². The van der Waals surface area contributed by atoms with Crippen LogP contribution >= 0.6 is 0 Å². The van der Waals surface area contributed by atoms with Crippen LogP contribution in [0.3, 0.4) is 0 Å². The second kappa shape index (κ2) is 5.83. The van der Waals surface area contributed by atoms with Crippen LogP contribution < -0.4 is 11.5 Å². The Morgan fingerprint density at radius 1 is 1.50 bits per heavy atom. The van der Waals surface area contributed by atoms with Crippen LogP contribution in [0.15, 0.2) is 22.8 Å². The molecule has 3 nitrogen and oxygen atoms in total. The average Bonchev–Trinajstić information content (AvgIpc) is 2.69. The van der Waals surface area contributed by atoms with Gasteiger partial charge in [0.05, 0.1) is 6.26 Å². The van der Waals surface area contributed by atoms with Gasteiger partial charge in [-0.05, 0) is 18.6 Å². The number of nitrogens with two attached hydrogens (primary N) is 2. The number of furan rings is 1. The molecule has 0 amide bonds. The van der Waals surface area contributed by atoms with Gasteiger partial charge in [-0.15, -0.1) is 0 Å². The summed E-state index contributed by atoms with van der Waals surface area (Å²) in [5.74, 6) is 1.08. The zero-order chi connectivity index (χ0) is 10.4. The van der Waals surface area contributed by atoms with E-state index in [9.17, 15) is 0 Å². The van der Waals surface area contributed by atoms with Crippen molar-refractivity contribution >= 4 is 0 Å². The Kier molecular flexibility index (Phi) is 4.70. The summed E-state index contributed by atoms with van der Waals surface area (Å²) >= 11 is 0. The maximum atomic E-state index is 6.07. The van der Waals surface area contributed by atoms with Crippen molar-refractivity contribution in [3.8, 4) is 0 Å². The van der Waals surface area contributed by atoms with Gasteiger partial charge in [-0.25, -0.2) is 0 Å². The largest absolute Gasteiger partial charge is 0.469 e. The molecule has 2 atom stereocenters. The predicted octanol–water partition coefficient (Wildman–Crippen LogP) is 1.84. The zero-order valence-electron chi connectivity index (χ0n) is 8.78. The van der Waals surface area contributed by atoms with Gasteiger partial charge >= 0.3 is 0 Å². The molecule has 0 saturated carbocycles. The van der Waals surface area contributed by atoms with Crippen LogP contribution in [0.4, 0.5) is 0 Å². The smallest absolute Gasteiger partial charge is 0.109 e. The lowest BCUT2D eigenvalue weighted by Crippen LogP contribution is -2.33. The summed E-state index contributed by atoms with van der Waals surface area (Å²) in [5.41, 5.74) is 11.8. The Bertz CT molecular complexity index is 233. The van der Waals surface area contributed by atoms with Gasteiger partial charge in [0, 0.05) is 18.5 Å². The highest BCUT2D eigenvalue weighted by Crippen LogP contribution is 2.20. The Balaban J connectivity index is 2.53. The molecule has 1 rings (SSSR count). The molecule has 1 heterocycles. The molecular weight excluding hydrogens is 176 g/mol. The summed E-state index contributed by atoms with van der Waals surface area (Å²) in [5, 5.41) is 0. The standard InChI is InChI=1S/C11H20N2O/c1-2-3-5-10(13)9(8-12)11-6-4-7-14-11/h4,6-7,9-10H,2-3,5,8,12-13H2,1H3. The molecule has 0 aliphatic rings. The third-order valence-corrected chi connectivity index (χ3v) is 2.57. The molecule has 80 valence electrons. The molecule has 3 heteroatoms. The van der Waals surface area contributed by atoms with Crippen molar-refractivity contribution < 1.29 is 4.42 Å². The first kappa shape index (κ1) is 11.3. The molecule has 0 spiro atoms. The average molecular weight is 196 g/mol. The van der Waals surface area contributed by atoms with Gasteiger partial charge in [-0.3, -0.25) is 0 Å². The summed E-state index contributed by atoms with van der Waals surface area (Å²) in [4.78, 5) is 0. The number of hydrogen-bond donors (Lipinski definition) is 2. The van der Waals surface area contributed by atoms with Crippen LogP contribution in [0.25, 0.3) is 0 Å². The van der Waals surface area contributed by atoms with Crippen molar-refractivity contribution in [2.45, 2.75) is 38.1 Å². The second-order valence-corrected chi connectivity index (χ2v) is 3.66. The lowest BCUT2D eigenvalue weighted by atomic mass is 9.94. The van der Waals surface area contributed by atoms with Crippen molar-refractivity contribution in [2.24, 2.45) is 11.5 Å². The van der Waals surface area contributed by atoms with Crippen LogP contribution in [-0.4, -0.2) is 12.6 Å². The lowest BCUT2D eigenvalue weighted by Gasteiger charge is -2.20. The van der Waals surface area contributed by atoms with Gasteiger partial charge in [-0.2, -0.15) is 0 Å². The fraction of sp³-hybridized carbons (Fsp3) is 0.636. The van der Waals surface area contributed by atoms with E-state index in [4.69, 9.17) is 15.9 Å². The van der Waals surface area contributed by atoms with Gasteiger partial charge < -0.3 is 15.9 Å².